The zero-order chi connectivity index (χ0) is 34.4. The molecule has 0 spiro atoms. The molecule has 1 aromatic heterocycles. The normalized spacial score (nSPS) is 22.0. The first-order valence-electron chi connectivity index (χ1n) is 18.7. The van der Waals surface area contributed by atoms with Gasteiger partial charge in [-0.25, -0.2) is 15.0 Å². The molecule has 0 atom stereocenters. The van der Waals surface area contributed by atoms with E-state index in [0.717, 1.165) is 66.8 Å². The summed E-state index contributed by atoms with van der Waals surface area (Å²) in [5.74, 6) is 4.73. The van der Waals surface area contributed by atoms with E-state index in [-0.39, 0.29) is 0 Å². The van der Waals surface area contributed by atoms with Crippen molar-refractivity contribution in [2.45, 2.75) is 43.9 Å². The van der Waals surface area contributed by atoms with Gasteiger partial charge in [0.25, 0.3) is 0 Å². The van der Waals surface area contributed by atoms with E-state index >= 15 is 0 Å². The predicted molar refractivity (Wildman–Crippen MR) is 211 cm³/mol. The maximum Gasteiger partial charge on any atom is 0.164 e. The Morgan fingerprint density at radius 1 is 0.481 bits per heavy atom. The molecule has 1 heterocycles. The van der Waals surface area contributed by atoms with Crippen LogP contribution in [0.5, 0.6) is 0 Å². The van der Waals surface area contributed by atoms with Crippen molar-refractivity contribution >= 4 is 43.1 Å². The van der Waals surface area contributed by atoms with Crippen molar-refractivity contribution < 1.29 is 0 Å². The number of nitrogens with zero attached hydrogens (tertiary/aromatic N) is 4. The van der Waals surface area contributed by atoms with Crippen molar-refractivity contribution in [3.05, 3.63) is 139 Å². The van der Waals surface area contributed by atoms with E-state index in [1.165, 1.54) is 54.9 Å². The van der Waals surface area contributed by atoms with Crippen molar-refractivity contribution in [3.8, 4) is 40.2 Å². The van der Waals surface area contributed by atoms with Crippen LogP contribution in [-0.2, 0) is 5.41 Å². The van der Waals surface area contributed by atoms with E-state index in [4.69, 9.17) is 15.0 Å². The van der Waals surface area contributed by atoms with E-state index in [0.29, 0.717) is 28.5 Å². The summed E-state index contributed by atoms with van der Waals surface area (Å²) >= 11 is 0. The fourth-order valence-electron chi connectivity index (χ4n) is 10.8. The zero-order valence-corrected chi connectivity index (χ0v) is 28.9. The molecule has 12 rings (SSSR count). The van der Waals surface area contributed by atoms with E-state index in [2.05, 4.69) is 121 Å². The predicted octanol–water partition coefficient (Wildman–Crippen LogP) is 11.8. The molecule has 8 aromatic rings. The lowest BCUT2D eigenvalue weighted by atomic mass is 9.48. The molecule has 0 radical (unpaired) electrons. The summed E-state index contributed by atoms with van der Waals surface area (Å²) in [7, 11) is 0. The Balaban J connectivity index is 1.09. The molecule has 0 unspecified atom stereocenters. The number of rotatable bonds is 4. The summed E-state index contributed by atoms with van der Waals surface area (Å²) in [5.41, 5.74) is 5.45. The van der Waals surface area contributed by atoms with Gasteiger partial charge < -0.3 is 0 Å². The minimum atomic E-state index is 0.345. The average Bonchev–Trinajstić information content (AvgIpc) is 3.19. The van der Waals surface area contributed by atoms with Gasteiger partial charge in [0.1, 0.15) is 0 Å². The summed E-state index contributed by atoms with van der Waals surface area (Å²) in [4.78, 5) is 15.6. The van der Waals surface area contributed by atoms with Crippen LogP contribution >= 0.6 is 0 Å². The van der Waals surface area contributed by atoms with Crippen LogP contribution in [0.3, 0.4) is 0 Å². The van der Waals surface area contributed by atoms with Gasteiger partial charge in [-0.05, 0) is 129 Å². The third-order valence-corrected chi connectivity index (χ3v) is 12.7. The Morgan fingerprint density at radius 2 is 1.02 bits per heavy atom. The molecule has 4 aliphatic rings. The van der Waals surface area contributed by atoms with Crippen molar-refractivity contribution in [2.75, 3.05) is 0 Å². The number of nitriles is 1. The first-order valence-corrected chi connectivity index (χ1v) is 18.7. The molecule has 0 amide bonds. The molecule has 0 saturated heterocycles. The van der Waals surface area contributed by atoms with Gasteiger partial charge in [0.05, 0.1) is 11.6 Å². The highest BCUT2D eigenvalue weighted by molar-refractivity contribution is 6.25. The van der Waals surface area contributed by atoms with E-state index in [1.807, 2.05) is 12.1 Å². The molecule has 52 heavy (non-hydrogen) atoms. The minimum absolute atomic E-state index is 0.345. The van der Waals surface area contributed by atoms with Crippen LogP contribution in [-0.4, -0.2) is 15.0 Å². The molecule has 4 nitrogen and oxygen atoms in total. The highest BCUT2D eigenvalue weighted by atomic mass is 15.0. The molecule has 7 aromatic carbocycles. The second-order valence-electron chi connectivity index (χ2n) is 15.8. The van der Waals surface area contributed by atoms with Crippen LogP contribution in [0.4, 0.5) is 0 Å². The van der Waals surface area contributed by atoms with Gasteiger partial charge in [-0.1, -0.05) is 109 Å². The molecule has 0 aliphatic heterocycles. The van der Waals surface area contributed by atoms with Gasteiger partial charge in [0.15, 0.2) is 17.5 Å². The zero-order valence-electron chi connectivity index (χ0n) is 28.9. The largest absolute Gasteiger partial charge is 0.208 e. The summed E-state index contributed by atoms with van der Waals surface area (Å²) in [6, 6.07) is 47.4. The van der Waals surface area contributed by atoms with E-state index < -0.39 is 0 Å². The quantitative estimate of drug-likeness (QED) is 0.175. The first-order chi connectivity index (χ1) is 25.6. The number of benzene rings is 7. The lowest BCUT2D eigenvalue weighted by molar-refractivity contribution is -0.00518. The van der Waals surface area contributed by atoms with Crippen molar-refractivity contribution in [3.63, 3.8) is 0 Å². The highest BCUT2D eigenvalue weighted by Crippen LogP contribution is 2.60. The van der Waals surface area contributed by atoms with Gasteiger partial charge in [0, 0.05) is 16.7 Å². The SMILES string of the molecule is N#Cc1ccc2c(c1)c1ccccc1c1ccc(-c3nc(-c4ccc(C56C[C@H]7C[C@H](C5)C[C@@H](C6)C7)cc4)nc(-c4cccc5ccccc45)n3)cc12. The van der Waals surface area contributed by atoms with Gasteiger partial charge in [-0.2, -0.15) is 5.26 Å². The third kappa shape index (κ3) is 4.62. The molecular weight excluding hydrogens is 633 g/mol. The molecule has 4 heteroatoms. The molecule has 4 fully saturated rings. The fourth-order valence-corrected chi connectivity index (χ4v) is 10.8. The topological polar surface area (TPSA) is 62.5 Å². The number of fused-ring (bicyclic) bond motifs is 7. The summed E-state index contributed by atoms with van der Waals surface area (Å²) in [6.45, 7) is 0. The van der Waals surface area contributed by atoms with Crippen LogP contribution in [0, 0.1) is 29.1 Å². The van der Waals surface area contributed by atoms with Crippen LogP contribution in [0.15, 0.2) is 127 Å². The van der Waals surface area contributed by atoms with E-state index in [1.54, 1.807) is 0 Å². The van der Waals surface area contributed by atoms with Crippen LogP contribution in [0.2, 0.25) is 0 Å². The maximum absolute atomic E-state index is 9.74. The van der Waals surface area contributed by atoms with Gasteiger partial charge >= 0.3 is 0 Å². The fraction of sp³-hybridized carbons (Fsp3) is 0.208. The highest BCUT2D eigenvalue weighted by Gasteiger charge is 2.51. The monoisotopic (exact) mass is 668 g/mol. The second-order valence-corrected chi connectivity index (χ2v) is 15.8. The summed E-state index contributed by atoms with van der Waals surface area (Å²) in [5, 5.41) is 18.8. The van der Waals surface area contributed by atoms with Gasteiger partial charge in [0.2, 0.25) is 0 Å². The molecular formula is C48H36N4. The number of hydrogen-bond donors (Lipinski definition) is 0. The average molecular weight is 669 g/mol. The smallest absolute Gasteiger partial charge is 0.164 e. The van der Waals surface area contributed by atoms with Crippen molar-refractivity contribution in [2.24, 2.45) is 17.8 Å². The minimum Gasteiger partial charge on any atom is -0.208 e. The lowest BCUT2D eigenvalue weighted by Crippen LogP contribution is -2.48. The third-order valence-electron chi connectivity index (χ3n) is 12.7. The van der Waals surface area contributed by atoms with Crippen molar-refractivity contribution in [1.29, 1.82) is 5.26 Å². The maximum atomic E-state index is 9.74. The Kier molecular flexibility index (Phi) is 6.47. The standard InChI is InChI=1S/C48H36N4/c49-28-29-12-18-41-43(23-29)39-10-4-3-9-38(39)40-19-15-35(24-44(40)41)46-50-45(51-47(52-46)42-11-5-7-33-6-1-2-8-37(33)42)34-13-16-36(17-14-34)48-25-30-20-31(26-48)22-32(21-30)27-48/h1-19,23-24,30-32H,20-22,25-27H2/t30-,31-,32-,48?. The van der Waals surface area contributed by atoms with Gasteiger partial charge in [-0.15, -0.1) is 0 Å². The van der Waals surface area contributed by atoms with Crippen molar-refractivity contribution in [1.82, 2.24) is 15.0 Å². The molecule has 248 valence electrons. The Morgan fingerprint density at radius 3 is 1.75 bits per heavy atom. The van der Waals surface area contributed by atoms with Crippen LogP contribution in [0.25, 0.3) is 77.3 Å². The van der Waals surface area contributed by atoms with Crippen LogP contribution in [0.1, 0.15) is 49.7 Å². The Bertz CT molecular complexity index is 2750. The molecule has 4 aliphatic carbocycles. The molecule has 4 bridgehead atoms. The van der Waals surface area contributed by atoms with E-state index in [9.17, 15) is 5.26 Å². The summed E-state index contributed by atoms with van der Waals surface area (Å²) in [6.07, 6.45) is 8.40. The Labute approximate surface area is 302 Å². The summed E-state index contributed by atoms with van der Waals surface area (Å²) < 4.78 is 0. The number of aromatic nitrogens is 3. The number of hydrogen-bond acceptors (Lipinski definition) is 4. The molecule has 0 N–H and O–H groups in total. The first kappa shape index (κ1) is 29.8. The second kappa shape index (κ2) is 11.3. The Hall–Kier alpha value is -5.92. The van der Waals surface area contributed by atoms with Gasteiger partial charge in [-0.3, -0.25) is 0 Å². The molecule has 4 saturated carbocycles. The lowest BCUT2D eigenvalue weighted by Gasteiger charge is -2.57. The van der Waals surface area contributed by atoms with Crippen LogP contribution < -0.4 is 0 Å².